The van der Waals surface area contributed by atoms with Crippen LogP contribution in [0.25, 0.3) is 0 Å². The number of aromatic nitrogens is 1. The van der Waals surface area contributed by atoms with Gasteiger partial charge >= 0.3 is 5.97 Å². The van der Waals surface area contributed by atoms with E-state index in [1.807, 2.05) is 0 Å². The van der Waals surface area contributed by atoms with E-state index in [0.717, 1.165) is 37.5 Å². The van der Waals surface area contributed by atoms with Crippen LogP contribution in [-0.2, 0) is 11.2 Å². The Morgan fingerprint density at radius 2 is 2.56 bits per heavy atom. The molecule has 1 aliphatic rings. The summed E-state index contributed by atoms with van der Waals surface area (Å²) in [5.74, 6) is 0.281. The summed E-state index contributed by atoms with van der Waals surface area (Å²) in [7, 11) is 0. The maximum Gasteiger partial charge on any atom is 0.303 e. The number of rotatable bonds is 4. The fourth-order valence-electron chi connectivity index (χ4n) is 1.92. The smallest absolute Gasteiger partial charge is 0.303 e. The van der Waals surface area contributed by atoms with Gasteiger partial charge in [0.2, 0.25) is 0 Å². The van der Waals surface area contributed by atoms with Crippen molar-refractivity contribution in [3.63, 3.8) is 0 Å². The average molecular weight is 224 g/mol. The first-order valence-electron chi connectivity index (χ1n) is 5.62. The molecule has 88 valence electrons. The Morgan fingerprint density at radius 1 is 1.69 bits per heavy atom. The van der Waals surface area contributed by atoms with E-state index in [2.05, 4.69) is 10.3 Å². The minimum Gasteiger partial charge on any atom is -0.481 e. The van der Waals surface area contributed by atoms with Gasteiger partial charge in [0.15, 0.2) is 5.89 Å². The summed E-state index contributed by atoms with van der Waals surface area (Å²) in [5, 5.41) is 11.9. The summed E-state index contributed by atoms with van der Waals surface area (Å²) in [5.41, 5.74) is 0.739. The van der Waals surface area contributed by atoms with Crippen molar-refractivity contribution in [2.45, 2.75) is 31.6 Å². The maximum absolute atomic E-state index is 10.4. The van der Waals surface area contributed by atoms with Crippen molar-refractivity contribution in [2.75, 3.05) is 13.1 Å². The lowest BCUT2D eigenvalue weighted by atomic mass is 10.00. The second kappa shape index (κ2) is 5.12. The summed E-state index contributed by atoms with van der Waals surface area (Å²) in [4.78, 5) is 14.7. The van der Waals surface area contributed by atoms with Gasteiger partial charge in [-0.2, -0.15) is 0 Å². The molecule has 0 aliphatic carbocycles. The first kappa shape index (κ1) is 11.1. The van der Waals surface area contributed by atoms with Gasteiger partial charge in [-0.3, -0.25) is 4.79 Å². The zero-order chi connectivity index (χ0) is 11.4. The van der Waals surface area contributed by atoms with E-state index in [4.69, 9.17) is 9.52 Å². The number of nitrogens with one attached hydrogen (secondary N) is 1. The molecule has 1 atom stereocenters. The van der Waals surface area contributed by atoms with E-state index in [1.165, 1.54) is 0 Å². The van der Waals surface area contributed by atoms with Crippen molar-refractivity contribution in [2.24, 2.45) is 0 Å². The number of carbonyl (C=O) groups is 1. The molecule has 0 saturated carbocycles. The summed E-state index contributed by atoms with van der Waals surface area (Å²) in [6, 6.07) is 0. The van der Waals surface area contributed by atoms with Gasteiger partial charge in [-0.05, 0) is 19.4 Å². The number of piperidine rings is 1. The molecule has 1 aromatic rings. The van der Waals surface area contributed by atoms with E-state index in [-0.39, 0.29) is 6.42 Å². The first-order chi connectivity index (χ1) is 7.75. The third-order valence-electron chi connectivity index (χ3n) is 2.81. The molecule has 2 heterocycles. The number of oxazole rings is 1. The average Bonchev–Trinajstić information content (AvgIpc) is 2.76. The van der Waals surface area contributed by atoms with E-state index >= 15 is 0 Å². The van der Waals surface area contributed by atoms with Crippen molar-refractivity contribution in [1.82, 2.24) is 10.3 Å². The number of aliphatic carboxylic acids is 1. The van der Waals surface area contributed by atoms with Crippen molar-refractivity contribution in [1.29, 1.82) is 0 Å². The molecular weight excluding hydrogens is 208 g/mol. The van der Waals surface area contributed by atoms with Gasteiger partial charge in [-0.25, -0.2) is 4.98 Å². The molecule has 2 N–H and O–H groups in total. The Morgan fingerprint density at radius 3 is 3.25 bits per heavy atom. The van der Waals surface area contributed by atoms with Gasteiger partial charge in [-0.1, -0.05) is 0 Å². The highest BCUT2D eigenvalue weighted by Gasteiger charge is 2.20. The molecule has 1 aliphatic heterocycles. The lowest BCUT2D eigenvalue weighted by Crippen LogP contribution is -2.28. The molecule has 1 unspecified atom stereocenters. The minimum atomic E-state index is -0.802. The van der Waals surface area contributed by atoms with Crippen molar-refractivity contribution in [3.05, 3.63) is 17.8 Å². The Kier molecular flexibility index (Phi) is 3.56. The second-order valence-corrected chi connectivity index (χ2v) is 4.11. The molecule has 1 saturated heterocycles. The molecule has 16 heavy (non-hydrogen) atoms. The van der Waals surface area contributed by atoms with Gasteiger partial charge in [0.25, 0.3) is 0 Å². The molecule has 0 bridgehead atoms. The van der Waals surface area contributed by atoms with Crippen LogP contribution in [0, 0.1) is 0 Å². The third-order valence-corrected chi connectivity index (χ3v) is 2.81. The lowest BCUT2D eigenvalue weighted by molar-refractivity contribution is -0.136. The molecule has 0 amide bonds. The Labute approximate surface area is 93.9 Å². The Bertz CT molecular complexity index is 356. The number of carboxylic acids is 1. The fourth-order valence-corrected chi connectivity index (χ4v) is 1.92. The molecule has 5 nitrogen and oxygen atoms in total. The van der Waals surface area contributed by atoms with Crippen LogP contribution in [0.3, 0.4) is 0 Å². The minimum absolute atomic E-state index is 0.106. The highest BCUT2D eigenvalue weighted by Crippen LogP contribution is 2.22. The number of aryl methyl sites for hydroxylation is 1. The van der Waals surface area contributed by atoms with Gasteiger partial charge in [0.1, 0.15) is 6.26 Å². The number of hydrogen-bond acceptors (Lipinski definition) is 4. The van der Waals surface area contributed by atoms with Gasteiger partial charge in [0.05, 0.1) is 12.1 Å². The molecule has 1 fully saturated rings. The van der Waals surface area contributed by atoms with Gasteiger partial charge < -0.3 is 14.8 Å². The standard InChI is InChI=1S/C11H16N2O3/c14-10(15)4-3-9-7-16-11(13-9)8-2-1-5-12-6-8/h7-8,12H,1-6H2,(H,14,15). The molecule has 5 heteroatoms. The van der Waals surface area contributed by atoms with Crippen LogP contribution in [0.5, 0.6) is 0 Å². The van der Waals surface area contributed by atoms with Gasteiger partial charge in [0, 0.05) is 18.9 Å². The second-order valence-electron chi connectivity index (χ2n) is 4.11. The molecule has 0 spiro atoms. The maximum atomic E-state index is 10.4. The highest BCUT2D eigenvalue weighted by molar-refractivity contribution is 5.66. The summed E-state index contributed by atoms with van der Waals surface area (Å²) in [6.07, 6.45) is 4.35. The topological polar surface area (TPSA) is 75.4 Å². The van der Waals surface area contributed by atoms with Crippen molar-refractivity contribution < 1.29 is 14.3 Å². The monoisotopic (exact) mass is 224 g/mol. The number of nitrogens with zero attached hydrogens (tertiary/aromatic N) is 1. The van der Waals surface area contributed by atoms with E-state index < -0.39 is 5.97 Å². The largest absolute Gasteiger partial charge is 0.481 e. The normalized spacial score (nSPS) is 20.9. The quantitative estimate of drug-likeness (QED) is 0.802. The van der Waals surface area contributed by atoms with Crippen LogP contribution in [0.2, 0.25) is 0 Å². The van der Waals surface area contributed by atoms with Crippen LogP contribution in [0.1, 0.15) is 36.8 Å². The SMILES string of the molecule is O=C(O)CCc1coc(C2CCCNC2)n1. The molecule has 0 aromatic carbocycles. The number of carboxylic acid groups (broad SMARTS) is 1. The molecule has 1 aromatic heterocycles. The summed E-state index contributed by atoms with van der Waals surface area (Å²) >= 11 is 0. The molecule has 2 rings (SSSR count). The van der Waals surface area contributed by atoms with Gasteiger partial charge in [-0.15, -0.1) is 0 Å². The molecule has 0 radical (unpaired) electrons. The summed E-state index contributed by atoms with van der Waals surface area (Å²) in [6.45, 7) is 1.96. The van der Waals surface area contributed by atoms with Crippen molar-refractivity contribution >= 4 is 5.97 Å². The van der Waals surface area contributed by atoms with Crippen LogP contribution < -0.4 is 5.32 Å². The predicted molar refractivity (Wildman–Crippen MR) is 57.3 cm³/mol. The van der Waals surface area contributed by atoms with E-state index in [9.17, 15) is 4.79 Å². The number of hydrogen-bond donors (Lipinski definition) is 2. The first-order valence-corrected chi connectivity index (χ1v) is 5.62. The zero-order valence-corrected chi connectivity index (χ0v) is 9.11. The Hall–Kier alpha value is -1.36. The van der Waals surface area contributed by atoms with Crippen LogP contribution in [0.4, 0.5) is 0 Å². The highest BCUT2D eigenvalue weighted by atomic mass is 16.4. The van der Waals surface area contributed by atoms with E-state index in [1.54, 1.807) is 6.26 Å². The van der Waals surface area contributed by atoms with Crippen LogP contribution >= 0.6 is 0 Å². The Balaban J connectivity index is 1.93. The van der Waals surface area contributed by atoms with Crippen LogP contribution in [0.15, 0.2) is 10.7 Å². The zero-order valence-electron chi connectivity index (χ0n) is 9.11. The summed E-state index contributed by atoms with van der Waals surface area (Å²) < 4.78 is 5.39. The predicted octanol–water partition coefficient (Wildman–Crippen LogP) is 1.16. The lowest BCUT2D eigenvalue weighted by Gasteiger charge is -2.19. The fraction of sp³-hybridized carbons (Fsp3) is 0.636. The molecular formula is C11H16N2O3. The third kappa shape index (κ3) is 2.82. The van der Waals surface area contributed by atoms with Crippen molar-refractivity contribution in [3.8, 4) is 0 Å². The van der Waals surface area contributed by atoms with Crippen LogP contribution in [-0.4, -0.2) is 29.1 Å². The van der Waals surface area contributed by atoms with E-state index in [0.29, 0.717) is 12.3 Å².